The highest BCUT2D eigenvalue weighted by Crippen LogP contribution is 2.29. The topological polar surface area (TPSA) is 99.6 Å². The van der Waals surface area contributed by atoms with Crippen LogP contribution in [0.5, 0.6) is 0 Å². The summed E-state index contributed by atoms with van der Waals surface area (Å²) in [5, 5.41) is 26.3. The van der Waals surface area contributed by atoms with Crippen LogP contribution < -0.4 is 5.73 Å². The molecular weight excluding hydrogens is 172 g/mol. The Morgan fingerprint density at radius 2 is 2.38 bits per heavy atom. The van der Waals surface area contributed by atoms with Crippen molar-refractivity contribution in [1.82, 2.24) is 0 Å². The van der Waals surface area contributed by atoms with Crippen LogP contribution >= 0.6 is 0 Å². The van der Waals surface area contributed by atoms with Crippen molar-refractivity contribution in [2.75, 3.05) is 7.11 Å². The summed E-state index contributed by atoms with van der Waals surface area (Å²) in [6, 6.07) is 0. The third-order valence-corrected chi connectivity index (χ3v) is 1.99. The summed E-state index contributed by atoms with van der Waals surface area (Å²) in [4.78, 5) is 0. The Balaban J connectivity index is 3.06. The maximum Gasteiger partial charge on any atom is 0.238 e. The van der Waals surface area contributed by atoms with Gasteiger partial charge in [-0.2, -0.15) is 0 Å². The molecule has 0 spiro atoms. The Bertz CT molecular complexity index is 285. The van der Waals surface area contributed by atoms with Gasteiger partial charge in [0.25, 0.3) is 0 Å². The number of nitrogens with one attached hydrogen (secondary N) is 1. The summed E-state index contributed by atoms with van der Waals surface area (Å²) in [6.07, 6.45) is 4.30. The van der Waals surface area contributed by atoms with Gasteiger partial charge in [0.15, 0.2) is 5.76 Å². The standard InChI is InChI=1S/C8H12N2O3/c1-13-8(12)5(7(9)10)3-2-4-6(8)11/h2-5,11-12H,1H3,(H3,9,10). The van der Waals surface area contributed by atoms with E-state index in [1.807, 2.05) is 0 Å². The van der Waals surface area contributed by atoms with Gasteiger partial charge in [-0.1, -0.05) is 12.2 Å². The smallest absolute Gasteiger partial charge is 0.238 e. The first kappa shape index (κ1) is 9.76. The van der Waals surface area contributed by atoms with Crippen molar-refractivity contribution >= 4 is 5.84 Å². The Kier molecular flexibility index (Phi) is 2.40. The summed E-state index contributed by atoms with van der Waals surface area (Å²) in [6.45, 7) is 0. The molecule has 5 heteroatoms. The molecule has 2 atom stereocenters. The minimum atomic E-state index is -1.90. The lowest BCUT2D eigenvalue weighted by Gasteiger charge is -2.33. The molecule has 0 bridgehead atoms. The maximum absolute atomic E-state index is 9.77. The molecule has 0 aromatic heterocycles. The monoisotopic (exact) mass is 184 g/mol. The van der Waals surface area contributed by atoms with Crippen LogP contribution in [0, 0.1) is 11.3 Å². The molecule has 0 amide bonds. The molecule has 0 aromatic carbocycles. The molecule has 1 aliphatic rings. The van der Waals surface area contributed by atoms with Crippen molar-refractivity contribution in [3.05, 3.63) is 24.0 Å². The minimum absolute atomic E-state index is 0.264. The maximum atomic E-state index is 9.77. The number of allylic oxidation sites excluding steroid dienone is 2. The van der Waals surface area contributed by atoms with Crippen LogP contribution in [0.25, 0.3) is 0 Å². The highest BCUT2D eigenvalue weighted by Gasteiger charge is 2.43. The number of amidine groups is 1. The number of ether oxygens (including phenoxy) is 1. The van der Waals surface area contributed by atoms with Gasteiger partial charge in [0.1, 0.15) is 5.84 Å². The zero-order valence-electron chi connectivity index (χ0n) is 7.19. The van der Waals surface area contributed by atoms with Gasteiger partial charge < -0.3 is 20.7 Å². The molecule has 2 unspecified atom stereocenters. The van der Waals surface area contributed by atoms with Crippen molar-refractivity contribution < 1.29 is 14.9 Å². The van der Waals surface area contributed by atoms with E-state index in [0.717, 1.165) is 0 Å². The molecule has 13 heavy (non-hydrogen) atoms. The highest BCUT2D eigenvalue weighted by atomic mass is 16.6. The molecule has 5 nitrogen and oxygen atoms in total. The van der Waals surface area contributed by atoms with Crippen LogP contribution in [0.2, 0.25) is 0 Å². The van der Waals surface area contributed by atoms with Crippen LogP contribution in [0.4, 0.5) is 0 Å². The van der Waals surface area contributed by atoms with E-state index in [4.69, 9.17) is 15.9 Å². The molecule has 0 aromatic rings. The van der Waals surface area contributed by atoms with E-state index in [1.165, 1.54) is 25.3 Å². The molecule has 1 aliphatic carbocycles. The molecule has 0 aliphatic heterocycles. The van der Waals surface area contributed by atoms with Gasteiger partial charge >= 0.3 is 0 Å². The number of rotatable bonds is 2. The van der Waals surface area contributed by atoms with E-state index in [-0.39, 0.29) is 11.6 Å². The number of hydrogen-bond acceptors (Lipinski definition) is 4. The van der Waals surface area contributed by atoms with Crippen LogP contribution in [-0.2, 0) is 4.74 Å². The van der Waals surface area contributed by atoms with E-state index < -0.39 is 11.7 Å². The van der Waals surface area contributed by atoms with Gasteiger partial charge in [-0.25, -0.2) is 0 Å². The predicted molar refractivity (Wildman–Crippen MR) is 47.2 cm³/mol. The summed E-state index contributed by atoms with van der Waals surface area (Å²) < 4.78 is 4.73. The van der Waals surface area contributed by atoms with E-state index in [0.29, 0.717) is 0 Å². The predicted octanol–water partition coefficient (Wildman–Crippen LogP) is -0.115. The molecule has 0 radical (unpaired) electrons. The van der Waals surface area contributed by atoms with Gasteiger partial charge in [-0.15, -0.1) is 0 Å². The van der Waals surface area contributed by atoms with Gasteiger partial charge in [-0.05, 0) is 6.08 Å². The second-order valence-electron chi connectivity index (χ2n) is 2.77. The first-order valence-electron chi connectivity index (χ1n) is 3.71. The van der Waals surface area contributed by atoms with Gasteiger partial charge in [-0.3, -0.25) is 5.41 Å². The van der Waals surface area contributed by atoms with Crippen LogP contribution in [0.15, 0.2) is 24.0 Å². The average Bonchev–Trinajstić information content (AvgIpc) is 2.09. The molecule has 0 fully saturated rings. The molecule has 72 valence electrons. The van der Waals surface area contributed by atoms with Crippen molar-refractivity contribution in [2.24, 2.45) is 11.7 Å². The number of aliphatic hydroxyl groups excluding tert-OH is 1. The zero-order chi connectivity index (χ0) is 10.1. The average molecular weight is 184 g/mol. The van der Waals surface area contributed by atoms with Gasteiger partial charge in [0.05, 0.1) is 5.92 Å². The number of aliphatic hydroxyl groups is 2. The lowest BCUT2D eigenvalue weighted by molar-refractivity contribution is -0.189. The third kappa shape index (κ3) is 1.43. The summed E-state index contributed by atoms with van der Waals surface area (Å²) in [5.41, 5.74) is 5.23. The Hall–Kier alpha value is -1.33. The van der Waals surface area contributed by atoms with Gasteiger partial charge in [0, 0.05) is 7.11 Å². The normalized spacial score (nSPS) is 32.8. The first-order valence-corrected chi connectivity index (χ1v) is 3.71. The molecule has 0 saturated heterocycles. The van der Waals surface area contributed by atoms with E-state index >= 15 is 0 Å². The van der Waals surface area contributed by atoms with E-state index in [9.17, 15) is 10.2 Å². The molecule has 0 heterocycles. The van der Waals surface area contributed by atoms with E-state index in [1.54, 1.807) is 0 Å². The van der Waals surface area contributed by atoms with Crippen LogP contribution in [0.1, 0.15) is 0 Å². The van der Waals surface area contributed by atoms with Crippen LogP contribution in [0.3, 0.4) is 0 Å². The van der Waals surface area contributed by atoms with Crippen molar-refractivity contribution in [1.29, 1.82) is 5.41 Å². The second-order valence-corrected chi connectivity index (χ2v) is 2.77. The first-order chi connectivity index (χ1) is 6.02. The number of nitrogens with two attached hydrogens (primary N) is 1. The minimum Gasteiger partial charge on any atom is -0.507 e. The molecule has 0 saturated carbocycles. The van der Waals surface area contributed by atoms with Crippen molar-refractivity contribution in [3.8, 4) is 0 Å². The number of hydrogen-bond donors (Lipinski definition) is 4. The fourth-order valence-electron chi connectivity index (χ4n) is 1.21. The highest BCUT2D eigenvalue weighted by molar-refractivity contribution is 5.83. The molecule has 5 N–H and O–H groups in total. The Morgan fingerprint density at radius 3 is 2.77 bits per heavy atom. The zero-order valence-corrected chi connectivity index (χ0v) is 7.19. The summed E-state index contributed by atoms with van der Waals surface area (Å²) in [5.74, 6) is -3.36. The fraction of sp³-hybridized carbons (Fsp3) is 0.375. The Morgan fingerprint density at radius 1 is 1.77 bits per heavy atom. The van der Waals surface area contributed by atoms with Gasteiger partial charge in [0.2, 0.25) is 5.79 Å². The van der Waals surface area contributed by atoms with Crippen molar-refractivity contribution in [2.45, 2.75) is 5.79 Å². The Labute approximate surface area is 75.6 Å². The largest absolute Gasteiger partial charge is 0.507 e. The van der Waals surface area contributed by atoms with Crippen molar-refractivity contribution in [3.63, 3.8) is 0 Å². The lowest BCUT2D eigenvalue weighted by atomic mass is 9.91. The second kappa shape index (κ2) is 3.20. The fourth-order valence-corrected chi connectivity index (χ4v) is 1.21. The summed E-state index contributed by atoms with van der Waals surface area (Å²) >= 11 is 0. The molecule has 1 rings (SSSR count). The summed E-state index contributed by atoms with van der Waals surface area (Å²) in [7, 11) is 1.24. The molecular formula is C8H12N2O3. The van der Waals surface area contributed by atoms with Crippen LogP contribution in [-0.4, -0.2) is 28.9 Å². The quantitative estimate of drug-likeness (QED) is 0.273. The number of methoxy groups -OCH3 is 1. The third-order valence-electron chi connectivity index (χ3n) is 1.99. The lowest BCUT2D eigenvalue weighted by Crippen LogP contribution is -2.48. The SMILES string of the molecule is COC1(O)C(O)=CC=CC1C(=N)N. The van der Waals surface area contributed by atoms with E-state index in [2.05, 4.69) is 0 Å².